The Kier molecular flexibility index (Phi) is 3.33. The number of carbonyl (C=O) groups is 3. The first kappa shape index (κ1) is 11.9. The van der Waals surface area contributed by atoms with Gasteiger partial charge in [-0.15, -0.1) is 0 Å². The highest BCUT2D eigenvalue weighted by atomic mass is 19.1. The van der Waals surface area contributed by atoms with Crippen LogP contribution >= 0.6 is 0 Å². The molecule has 34 heavy (non-hydrogen) atoms. The van der Waals surface area contributed by atoms with Crippen molar-refractivity contribution in [2.75, 3.05) is 31.4 Å². The van der Waals surface area contributed by atoms with Crippen molar-refractivity contribution in [3.63, 3.8) is 0 Å². The van der Waals surface area contributed by atoms with E-state index >= 15 is 4.39 Å². The van der Waals surface area contributed by atoms with Gasteiger partial charge in [0, 0.05) is 77.9 Å². The summed E-state index contributed by atoms with van der Waals surface area (Å²) in [5.41, 5.74) is -0.105. The Hall–Kier alpha value is -3.30. The van der Waals surface area contributed by atoms with Crippen molar-refractivity contribution < 1.29 is 41.3 Å². The smallest absolute Gasteiger partial charge is 0.255 e. The molecule has 1 unspecified atom stereocenters. The fourth-order valence-electron chi connectivity index (χ4n) is 3.78. The van der Waals surface area contributed by atoms with E-state index in [4.69, 9.17) is 17.8 Å². The average molecular weight is 480 g/mol. The number of morpholine rings is 1. The van der Waals surface area contributed by atoms with Crippen molar-refractivity contribution in [1.82, 2.24) is 15.1 Å². The van der Waals surface area contributed by atoms with Gasteiger partial charge in [0.15, 0.2) is 0 Å². The SMILES string of the molecule is [2H]C1([2H])OC([2H])([2H])C([2H])([2H])N(Cc2cccc(CNc3cccc4c3CN(C3([2H])C(=O)NC(=O)C([2H])([2H])C3([2H])[2H])C4=O)c2F)C1([2H])[2H]. The molecule has 2 aromatic carbocycles. The summed E-state index contributed by atoms with van der Waals surface area (Å²) in [5.74, 6) is -5.09. The second kappa shape index (κ2) is 9.52. The van der Waals surface area contributed by atoms with E-state index in [1.165, 1.54) is 36.4 Å². The van der Waals surface area contributed by atoms with E-state index in [0.29, 0.717) is 4.90 Å². The van der Waals surface area contributed by atoms with Crippen LogP contribution in [0, 0.1) is 5.82 Å². The van der Waals surface area contributed by atoms with Gasteiger partial charge in [0.25, 0.3) is 5.91 Å². The molecular weight excluding hydrogens is 439 g/mol. The number of fused-ring (bicyclic) bond motifs is 1. The Labute approximate surface area is 215 Å². The van der Waals surface area contributed by atoms with Gasteiger partial charge in [0.05, 0.1) is 20.0 Å². The molecule has 3 amide bonds. The second-order valence-electron chi connectivity index (χ2n) is 7.46. The highest BCUT2D eigenvalue weighted by Gasteiger charge is 2.39. The van der Waals surface area contributed by atoms with Crippen LogP contribution in [0.15, 0.2) is 36.4 Å². The minimum absolute atomic E-state index is 0.0617. The summed E-state index contributed by atoms with van der Waals surface area (Å²) in [4.78, 5) is 38.9. The minimum Gasteiger partial charge on any atom is -0.381 e. The molecule has 178 valence electrons. The highest BCUT2D eigenvalue weighted by Crippen LogP contribution is 2.32. The molecule has 0 radical (unpaired) electrons. The maximum absolute atomic E-state index is 15.8. The average Bonchev–Trinajstić information content (AvgIpc) is 3.30. The molecular formula is C25H27FN4O4. The molecule has 1 atom stereocenters. The largest absolute Gasteiger partial charge is 0.381 e. The minimum atomic E-state index is -3.47. The zero-order valence-electron chi connectivity index (χ0n) is 30.5. The Morgan fingerprint density at radius 1 is 1.15 bits per heavy atom. The Bertz CT molecular complexity index is 1670. The van der Waals surface area contributed by atoms with Gasteiger partial charge in [0.1, 0.15) is 11.8 Å². The lowest BCUT2D eigenvalue weighted by molar-refractivity contribution is -0.136. The predicted octanol–water partition coefficient (Wildman–Crippen LogP) is 2.03. The van der Waals surface area contributed by atoms with Crippen molar-refractivity contribution in [2.24, 2.45) is 0 Å². The fraction of sp³-hybridized carbons (Fsp3) is 0.400. The monoisotopic (exact) mass is 479 g/mol. The van der Waals surface area contributed by atoms with Crippen molar-refractivity contribution in [3.05, 3.63) is 64.5 Å². The number of nitrogens with one attached hydrogen (secondary N) is 2. The fourth-order valence-corrected chi connectivity index (χ4v) is 3.78. The highest BCUT2D eigenvalue weighted by molar-refractivity contribution is 6.06. The Morgan fingerprint density at radius 3 is 2.74 bits per heavy atom. The van der Waals surface area contributed by atoms with Crippen LogP contribution in [0.2, 0.25) is 0 Å². The number of amides is 3. The summed E-state index contributed by atoms with van der Waals surface area (Å²) in [5, 5.41) is 4.53. The summed E-state index contributed by atoms with van der Waals surface area (Å²) in [7, 11) is 0. The summed E-state index contributed by atoms with van der Waals surface area (Å²) in [6.45, 7) is -14.9. The van der Waals surface area contributed by atoms with Crippen LogP contribution in [0.1, 0.15) is 57.6 Å². The lowest BCUT2D eigenvalue weighted by Crippen LogP contribution is -2.52. The number of carbonyl (C=O) groups excluding carboxylic acids is 3. The Morgan fingerprint density at radius 2 is 1.91 bits per heavy atom. The number of nitrogens with zero attached hydrogens (tertiary/aromatic N) is 2. The summed E-state index contributed by atoms with van der Waals surface area (Å²) in [6, 6.07) is 4.87. The van der Waals surface area contributed by atoms with Crippen molar-refractivity contribution in [3.8, 4) is 0 Å². The number of benzene rings is 2. The second-order valence-corrected chi connectivity index (χ2v) is 7.46. The molecule has 9 heteroatoms. The van der Waals surface area contributed by atoms with Crippen LogP contribution in [-0.2, 0) is 34.0 Å². The molecule has 0 saturated carbocycles. The molecule has 0 bridgehead atoms. The van der Waals surface area contributed by atoms with E-state index in [9.17, 15) is 14.4 Å². The standard InChI is InChI=1S/C25H27FN4O4/c26-23-16(3-1-4-17(23)14-29-9-11-34-12-10-29)13-27-20-6-2-5-18-19(20)15-30(25(18)33)21-7-8-22(31)28-24(21)32/h1-6,21,27H,7-15H2,(H,28,31,32)/i7D2,8D2,9D2,10D2,11D2,12D2,21D. The van der Waals surface area contributed by atoms with E-state index in [0.717, 1.165) is 0 Å². The normalized spacial score (nSPS) is 37.6. The zero-order valence-corrected chi connectivity index (χ0v) is 17.5. The van der Waals surface area contributed by atoms with Gasteiger partial charge in [-0.05, 0) is 18.5 Å². The molecule has 2 fully saturated rings. The molecule has 3 aliphatic heterocycles. The predicted molar refractivity (Wildman–Crippen MR) is 122 cm³/mol. The number of rotatable bonds is 6. The number of halogens is 1. The number of hydrogen-bond donors (Lipinski definition) is 2. The molecule has 2 N–H and O–H groups in total. The third-order valence-corrected chi connectivity index (χ3v) is 5.39. The molecule has 3 heterocycles. The van der Waals surface area contributed by atoms with Gasteiger partial charge in [0.2, 0.25) is 11.8 Å². The third-order valence-electron chi connectivity index (χ3n) is 5.39. The first-order chi connectivity index (χ1) is 21.4. The maximum Gasteiger partial charge on any atom is 0.255 e. The van der Waals surface area contributed by atoms with Crippen molar-refractivity contribution in [1.29, 1.82) is 0 Å². The zero-order chi connectivity index (χ0) is 35.3. The summed E-state index contributed by atoms with van der Waals surface area (Å²) in [6.07, 6.45) is -6.83. The van der Waals surface area contributed by atoms with Crippen LogP contribution in [0.3, 0.4) is 0 Å². The van der Waals surface area contributed by atoms with Gasteiger partial charge in [-0.2, -0.15) is 0 Å². The first-order valence-corrected chi connectivity index (χ1v) is 10.1. The molecule has 0 aromatic heterocycles. The van der Waals surface area contributed by atoms with Crippen LogP contribution in [0.4, 0.5) is 10.1 Å². The van der Waals surface area contributed by atoms with Crippen LogP contribution < -0.4 is 10.6 Å². The van der Waals surface area contributed by atoms with Crippen molar-refractivity contribution in [2.45, 2.75) is 38.4 Å². The van der Waals surface area contributed by atoms with Gasteiger partial charge >= 0.3 is 0 Å². The van der Waals surface area contributed by atoms with Crippen LogP contribution in [0.5, 0.6) is 0 Å². The van der Waals surface area contributed by atoms with E-state index in [1.807, 2.05) is 0 Å². The molecule has 2 saturated heterocycles. The van der Waals surface area contributed by atoms with E-state index in [2.05, 4.69) is 10.1 Å². The van der Waals surface area contributed by atoms with Crippen LogP contribution in [0.25, 0.3) is 0 Å². The number of ether oxygens (including phenoxy) is 1. The summed E-state index contributed by atoms with van der Waals surface area (Å²) >= 11 is 0. The maximum atomic E-state index is 15.8. The first-order valence-electron chi connectivity index (χ1n) is 16.6. The quantitative estimate of drug-likeness (QED) is 0.617. The Balaban J connectivity index is 1.42. The lowest BCUT2D eigenvalue weighted by Gasteiger charge is -2.29. The molecule has 0 spiro atoms. The van der Waals surface area contributed by atoms with E-state index < -0.39 is 81.5 Å². The van der Waals surface area contributed by atoms with Gasteiger partial charge < -0.3 is 15.0 Å². The lowest BCUT2D eigenvalue weighted by atomic mass is 10.0. The van der Waals surface area contributed by atoms with Gasteiger partial charge in [-0.25, -0.2) is 4.39 Å². The third kappa shape index (κ3) is 4.41. The number of anilines is 1. The van der Waals surface area contributed by atoms with Crippen molar-refractivity contribution >= 4 is 23.4 Å². The number of imide groups is 1. The van der Waals surface area contributed by atoms with E-state index in [-0.39, 0.29) is 39.4 Å². The topological polar surface area (TPSA) is 91.0 Å². The number of piperidine rings is 1. The summed E-state index contributed by atoms with van der Waals surface area (Å²) < 4.78 is 125. The molecule has 8 nitrogen and oxygen atoms in total. The van der Waals surface area contributed by atoms with Crippen LogP contribution in [-0.4, -0.2) is 59.7 Å². The number of hydrogen-bond acceptors (Lipinski definition) is 6. The molecule has 3 aliphatic rings. The molecule has 5 rings (SSSR count). The van der Waals surface area contributed by atoms with E-state index in [1.54, 1.807) is 5.32 Å². The van der Waals surface area contributed by atoms with Gasteiger partial charge in [-0.3, -0.25) is 24.6 Å². The molecule has 2 aromatic rings. The molecule has 0 aliphatic carbocycles. The van der Waals surface area contributed by atoms with Gasteiger partial charge in [-0.1, -0.05) is 24.3 Å².